The fourth-order valence-electron chi connectivity index (χ4n) is 5.66. The SMILES string of the molecule is COc1ccc([C@@H]2CC(=O)C3=C(C2)Nc2cc4c(cc2[C@@H]3c2ccc(N(C)C)cc2)OCO4)cc1OC. The summed E-state index contributed by atoms with van der Waals surface area (Å²) >= 11 is 0. The molecule has 0 radical (unpaired) electrons. The number of hydrogen-bond donors (Lipinski definition) is 1. The van der Waals surface area contributed by atoms with Crippen molar-refractivity contribution < 1.29 is 23.7 Å². The Morgan fingerprint density at radius 1 is 0.865 bits per heavy atom. The molecule has 3 aromatic carbocycles. The molecule has 0 saturated heterocycles. The highest BCUT2D eigenvalue weighted by Crippen LogP contribution is 2.51. The van der Waals surface area contributed by atoms with Crippen LogP contribution in [0.5, 0.6) is 23.0 Å². The van der Waals surface area contributed by atoms with Crippen LogP contribution in [0.25, 0.3) is 0 Å². The van der Waals surface area contributed by atoms with E-state index in [0.29, 0.717) is 23.7 Å². The minimum Gasteiger partial charge on any atom is -0.493 e. The lowest BCUT2D eigenvalue weighted by atomic mass is 9.72. The lowest BCUT2D eigenvalue weighted by Gasteiger charge is -2.37. The number of rotatable bonds is 5. The first-order chi connectivity index (χ1) is 18.0. The summed E-state index contributed by atoms with van der Waals surface area (Å²) in [5.41, 5.74) is 7.02. The number of hydrogen-bond acceptors (Lipinski definition) is 7. The molecule has 3 aromatic rings. The van der Waals surface area contributed by atoms with Gasteiger partial charge in [-0.15, -0.1) is 0 Å². The normalized spacial score (nSPS) is 19.6. The highest BCUT2D eigenvalue weighted by Gasteiger charge is 2.39. The van der Waals surface area contributed by atoms with Crippen molar-refractivity contribution in [3.05, 3.63) is 82.6 Å². The van der Waals surface area contributed by atoms with Crippen molar-refractivity contribution in [3.63, 3.8) is 0 Å². The van der Waals surface area contributed by atoms with Crippen LogP contribution < -0.4 is 29.2 Å². The molecule has 2 heterocycles. The zero-order valence-electron chi connectivity index (χ0n) is 21.5. The van der Waals surface area contributed by atoms with Gasteiger partial charge in [0, 0.05) is 55.1 Å². The summed E-state index contributed by atoms with van der Waals surface area (Å²) in [6, 6.07) is 18.4. The van der Waals surface area contributed by atoms with Crippen LogP contribution in [0.2, 0.25) is 0 Å². The first-order valence-electron chi connectivity index (χ1n) is 12.4. The number of anilines is 2. The van der Waals surface area contributed by atoms with Gasteiger partial charge in [0.05, 0.1) is 14.2 Å². The van der Waals surface area contributed by atoms with Crippen LogP contribution in [0, 0.1) is 0 Å². The predicted molar refractivity (Wildman–Crippen MR) is 142 cm³/mol. The number of methoxy groups -OCH3 is 2. The summed E-state index contributed by atoms with van der Waals surface area (Å²) in [7, 11) is 7.30. The Balaban J connectivity index is 1.44. The minimum absolute atomic E-state index is 0.0332. The third kappa shape index (κ3) is 3.95. The van der Waals surface area contributed by atoms with Gasteiger partial charge < -0.3 is 29.2 Å². The second-order valence-electron chi connectivity index (χ2n) is 9.87. The molecule has 6 rings (SSSR count). The monoisotopic (exact) mass is 498 g/mol. The summed E-state index contributed by atoms with van der Waals surface area (Å²) in [5.74, 6) is 2.78. The van der Waals surface area contributed by atoms with Gasteiger partial charge in [-0.3, -0.25) is 4.79 Å². The highest BCUT2D eigenvalue weighted by molar-refractivity contribution is 6.02. The number of carbonyl (C=O) groups is 1. The van der Waals surface area contributed by atoms with Crippen molar-refractivity contribution in [3.8, 4) is 23.0 Å². The smallest absolute Gasteiger partial charge is 0.231 e. The van der Waals surface area contributed by atoms with Crippen LogP contribution in [-0.4, -0.2) is 40.9 Å². The fraction of sp³-hybridized carbons (Fsp3) is 0.300. The average Bonchev–Trinajstić information content (AvgIpc) is 3.37. The molecule has 7 heteroatoms. The summed E-state index contributed by atoms with van der Waals surface area (Å²) in [4.78, 5) is 15.9. The van der Waals surface area contributed by atoms with Gasteiger partial charge in [0.25, 0.3) is 0 Å². The Bertz CT molecular complexity index is 1410. The number of benzene rings is 3. The quantitative estimate of drug-likeness (QED) is 0.501. The van der Waals surface area contributed by atoms with Crippen LogP contribution in [0.1, 0.15) is 41.4 Å². The molecule has 2 atom stereocenters. The van der Waals surface area contributed by atoms with Crippen LogP contribution in [0.15, 0.2) is 65.9 Å². The third-order valence-corrected chi connectivity index (χ3v) is 7.56. The summed E-state index contributed by atoms with van der Waals surface area (Å²) in [6.07, 6.45) is 1.15. The fourth-order valence-corrected chi connectivity index (χ4v) is 5.66. The van der Waals surface area contributed by atoms with Crippen molar-refractivity contribution in [1.82, 2.24) is 0 Å². The standard InChI is InChI=1S/C30H30N2O5/c1-32(2)20-8-5-17(6-9-20)29-21-14-27-28(37-16-36-27)15-22(21)31-23-11-19(12-24(33)30(23)29)18-7-10-25(34-3)26(13-18)35-4/h5-10,13-15,19,29,31H,11-12,16H2,1-4H3/t19-,29-/m0/s1. The van der Waals surface area contributed by atoms with E-state index in [1.165, 1.54) is 0 Å². The van der Waals surface area contributed by atoms with E-state index in [1.807, 2.05) is 44.4 Å². The molecule has 0 aromatic heterocycles. The van der Waals surface area contributed by atoms with Crippen molar-refractivity contribution in [1.29, 1.82) is 0 Å². The Kier molecular flexibility index (Phi) is 5.71. The van der Waals surface area contributed by atoms with Gasteiger partial charge in [0.15, 0.2) is 28.8 Å². The molecule has 0 saturated carbocycles. The molecular formula is C30H30N2O5. The first-order valence-corrected chi connectivity index (χ1v) is 12.4. The maximum absolute atomic E-state index is 13.9. The second kappa shape index (κ2) is 9.07. The molecule has 2 aliphatic heterocycles. The Morgan fingerprint density at radius 3 is 2.27 bits per heavy atom. The maximum atomic E-state index is 13.9. The number of fused-ring (bicyclic) bond motifs is 2. The number of ketones is 1. The van der Waals surface area contributed by atoms with Gasteiger partial charge in [0.2, 0.25) is 6.79 Å². The second-order valence-corrected chi connectivity index (χ2v) is 9.87. The van der Waals surface area contributed by atoms with Gasteiger partial charge in [-0.1, -0.05) is 18.2 Å². The van der Waals surface area contributed by atoms with Crippen molar-refractivity contribution in [2.24, 2.45) is 0 Å². The minimum atomic E-state index is -0.184. The molecule has 0 amide bonds. The molecular weight excluding hydrogens is 468 g/mol. The molecule has 7 nitrogen and oxygen atoms in total. The molecule has 37 heavy (non-hydrogen) atoms. The van der Waals surface area contributed by atoms with Gasteiger partial charge in [-0.2, -0.15) is 0 Å². The average molecular weight is 499 g/mol. The number of allylic oxidation sites excluding steroid dienone is 2. The Morgan fingerprint density at radius 2 is 1.57 bits per heavy atom. The van der Waals surface area contributed by atoms with E-state index in [0.717, 1.165) is 51.5 Å². The Labute approximate surface area is 216 Å². The van der Waals surface area contributed by atoms with Crippen LogP contribution in [-0.2, 0) is 4.79 Å². The summed E-state index contributed by atoms with van der Waals surface area (Å²) in [5, 5.41) is 3.60. The summed E-state index contributed by atoms with van der Waals surface area (Å²) < 4.78 is 22.3. The van der Waals surface area contributed by atoms with E-state index in [2.05, 4.69) is 34.5 Å². The van der Waals surface area contributed by atoms with E-state index in [-0.39, 0.29) is 24.4 Å². The van der Waals surface area contributed by atoms with Crippen molar-refractivity contribution >= 4 is 17.2 Å². The zero-order chi connectivity index (χ0) is 25.7. The third-order valence-electron chi connectivity index (χ3n) is 7.56. The molecule has 0 fully saturated rings. The van der Waals surface area contributed by atoms with Crippen LogP contribution in [0.3, 0.4) is 0 Å². The summed E-state index contributed by atoms with van der Waals surface area (Å²) in [6.45, 7) is 0.202. The molecule has 3 aliphatic rings. The number of ether oxygens (including phenoxy) is 4. The van der Waals surface area contributed by atoms with E-state index in [9.17, 15) is 4.79 Å². The van der Waals surface area contributed by atoms with E-state index in [4.69, 9.17) is 18.9 Å². The van der Waals surface area contributed by atoms with Gasteiger partial charge in [0.1, 0.15) is 0 Å². The molecule has 190 valence electrons. The molecule has 0 unspecified atom stereocenters. The van der Waals surface area contributed by atoms with Gasteiger partial charge >= 0.3 is 0 Å². The lowest BCUT2D eigenvalue weighted by Crippen LogP contribution is -2.29. The predicted octanol–water partition coefficient (Wildman–Crippen LogP) is 5.46. The molecule has 0 bridgehead atoms. The molecule has 1 N–H and O–H groups in total. The van der Waals surface area contributed by atoms with E-state index < -0.39 is 0 Å². The molecule has 1 aliphatic carbocycles. The van der Waals surface area contributed by atoms with Gasteiger partial charge in [-0.05, 0) is 59.4 Å². The van der Waals surface area contributed by atoms with Crippen molar-refractivity contribution in [2.45, 2.75) is 24.7 Å². The lowest BCUT2D eigenvalue weighted by molar-refractivity contribution is -0.116. The highest BCUT2D eigenvalue weighted by atomic mass is 16.7. The van der Waals surface area contributed by atoms with Crippen LogP contribution >= 0.6 is 0 Å². The van der Waals surface area contributed by atoms with Gasteiger partial charge in [-0.25, -0.2) is 0 Å². The largest absolute Gasteiger partial charge is 0.493 e. The van der Waals surface area contributed by atoms with Crippen LogP contribution in [0.4, 0.5) is 11.4 Å². The zero-order valence-corrected chi connectivity index (χ0v) is 21.5. The maximum Gasteiger partial charge on any atom is 0.231 e. The number of Topliss-reactive ketones (excluding diaryl/α,β-unsaturated/α-hetero) is 1. The number of nitrogens with zero attached hydrogens (tertiary/aromatic N) is 1. The number of nitrogens with one attached hydrogen (secondary N) is 1. The molecule has 0 spiro atoms. The van der Waals surface area contributed by atoms with Crippen molar-refractivity contribution in [2.75, 3.05) is 45.3 Å². The topological polar surface area (TPSA) is 69.3 Å². The van der Waals surface area contributed by atoms with E-state index in [1.54, 1.807) is 14.2 Å². The number of carbonyl (C=O) groups excluding carboxylic acids is 1. The first kappa shape index (κ1) is 23.3. The van der Waals surface area contributed by atoms with E-state index >= 15 is 0 Å². The Hall–Kier alpha value is -4.13.